The lowest BCUT2D eigenvalue weighted by molar-refractivity contribution is -0.211. The summed E-state index contributed by atoms with van der Waals surface area (Å²) in [6.07, 6.45) is 9.11. The van der Waals surface area contributed by atoms with E-state index in [1.165, 1.54) is 5.57 Å². The van der Waals surface area contributed by atoms with Crippen LogP contribution in [0.15, 0.2) is 11.6 Å². The van der Waals surface area contributed by atoms with Crippen LogP contribution in [0.1, 0.15) is 106 Å². The number of allylic oxidation sites excluding steroid dienone is 2. The Kier molecular flexibility index (Phi) is 8.08. The van der Waals surface area contributed by atoms with Crippen LogP contribution in [0.2, 0.25) is 0 Å². The molecule has 0 aliphatic heterocycles. The van der Waals surface area contributed by atoms with E-state index in [1.54, 1.807) is 0 Å². The third-order valence-electron chi connectivity index (χ3n) is 14.2. The van der Waals surface area contributed by atoms with Gasteiger partial charge in [-0.05, 0) is 110 Å². The molecule has 0 aromatic rings. The average Bonchev–Trinajstić information content (AvgIpc) is 2.89. The standard InChI is InChI=1S/C35H55NO7/c1-30(2)25-8-11-35(7)28(33(25,5)10-9-26(30)43-20-21(37)18-36-19-27(39)40)24(38)16-22-23-17-32(4,29(41)42)13-12-31(23,3)14-15-34(22,35)6/h16,21,23,25-26,28,36-37H,8-15,17-20H2,1-7H3,(H,39,40)(H,41,42)/t21?,23-,25?,26-,28+,31+,32-,33-,34+,35+/m0/s1. The van der Waals surface area contributed by atoms with Crippen molar-refractivity contribution >= 4 is 17.7 Å². The molecule has 4 saturated carbocycles. The molecule has 5 aliphatic rings. The highest BCUT2D eigenvalue weighted by Crippen LogP contribution is 2.75. The van der Waals surface area contributed by atoms with Gasteiger partial charge in [0.25, 0.3) is 0 Å². The summed E-state index contributed by atoms with van der Waals surface area (Å²) in [5.74, 6) is -1.14. The molecule has 8 heteroatoms. The molecule has 0 saturated heterocycles. The van der Waals surface area contributed by atoms with Crippen molar-refractivity contribution in [2.45, 2.75) is 118 Å². The van der Waals surface area contributed by atoms with E-state index >= 15 is 0 Å². The van der Waals surface area contributed by atoms with E-state index in [0.29, 0.717) is 12.8 Å². The molecule has 5 aliphatic carbocycles. The molecule has 4 N–H and O–H groups in total. The van der Waals surface area contributed by atoms with Gasteiger partial charge in [0.2, 0.25) is 0 Å². The zero-order valence-corrected chi connectivity index (χ0v) is 27.4. The fourth-order valence-corrected chi connectivity index (χ4v) is 11.3. The zero-order valence-electron chi connectivity index (χ0n) is 27.4. The summed E-state index contributed by atoms with van der Waals surface area (Å²) in [4.78, 5) is 37.7. The topological polar surface area (TPSA) is 133 Å². The number of nitrogens with one attached hydrogen (secondary N) is 1. The maximum Gasteiger partial charge on any atom is 0.317 e. The van der Waals surface area contributed by atoms with Crippen LogP contribution < -0.4 is 5.32 Å². The second-order valence-corrected chi connectivity index (χ2v) is 16.9. The number of ether oxygens (including phenoxy) is 1. The second kappa shape index (κ2) is 10.7. The van der Waals surface area contributed by atoms with Crippen LogP contribution in [0, 0.1) is 50.2 Å². The molecule has 0 aromatic carbocycles. The number of rotatable bonds is 8. The summed E-state index contributed by atoms with van der Waals surface area (Å²) < 4.78 is 6.33. The van der Waals surface area contributed by atoms with E-state index in [-0.39, 0.29) is 76.4 Å². The van der Waals surface area contributed by atoms with Crippen molar-refractivity contribution in [1.82, 2.24) is 5.32 Å². The van der Waals surface area contributed by atoms with E-state index in [0.717, 1.165) is 44.9 Å². The Hall–Kier alpha value is -1.77. The monoisotopic (exact) mass is 601 g/mol. The van der Waals surface area contributed by atoms with Crippen molar-refractivity contribution < 1.29 is 34.4 Å². The van der Waals surface area contributed by atoms with Gasteiger partial charge in [-0.15, -0.1) is 0 Å². The van der Waals surface area contributed by atoms with Crippen LogP contribution in [0.5, 0.6) is 0 Å². The number of carboxylic acids is 2. The third-order valence-corrected chi connectivity index (χ3v) is 14.2. The highest BCUT2D eigenvalue weighted by Gasteiger charge is 2.70. The van der Waals surface area contributed by atoms with Crippen molar-refractivity contribution in [3.8, 4) is 0 Å². The minimum absolute atomic E-state index is 0.0377. The lowest BCUT2D eigenvalue weighted by atomic mass is 9.33. The fourth-order valence-electron chi connectivity index (χ4n) is 11.3. The molecule has 10 atom stereocenters. The number of aliphatic carboxylic acids is 2. The predicted molar refractivity (Wildman–Crippen MR) is 163 cm³/mol. The summed E-state index contributed by atoms with van der Waals surface area (Å²) in [7, 11) is 0. The van der Waals surface area contributed by atoms with E-state index < -0.39 is 23.5 Å². The van der Waals surface area contributed by atoms with Crippen molar-refractivity contribution in [3.05, 3.63) is 11.6 Å². The first-order valence-corrected chi connectivity index (χ1v) is 16.6. The number of carbonyl (C=O) groups excluding carboxylic acids is 1. The van der Waals surface area contributed by atoms with Crippen molar-refractivity contribution in [2.24, 2.45) is 50.2 Å². The van der Waals surface area contributed by atoms with Crippen molar-refractivity contribution in [3.63, 3.8) is 0 Å². The summed E-state index contributed by atoms with van der Waals surface area (Å²) in [6.45, 7) is 16.0. The maximum atomic E-state index is 14.5. The Balaban J connectivity index is 1.41. The largest absolute Gasteiger partial charge is 0.481 e. The van der Waals surface area contributed by atoms with Gasteiger partial charge in [0.1, 0.15) is 0 Å². The zero-order chi connectivity index (χ0) is 31.8. The van der Waals surface area contributed by atoms with Gasteiger partial charge in [-0.3, -0.25) is 14.4 Å². The second-order valence-electron chi connectivity index (χ2n) is 16.9. The molecule has 8 nitrogen and oxygen atoms in total. The summed E-state index contributed by atoms with van der Waals surface area (Å²) >= 11 is 0. The van der Waals surface area contributed by atoms with Crippen LogP contribution in [-0.2, 0) is 19.1 Å². The van der Waals surface area contributed by atoms with E-state index in [1.807, 2.05) is 13.0 Å². The van der Waals surface area contributed by atoms with Gasteiger partial charge in [0.05, 0.1) is 30.8 Å². The number of carbonyl (C=O) groups is 3. The van der Waals surface area contributed by atoms with Gasteiger partial charge >= 0.3 is 11.9 Å². The lowest BCUT2D eigenvalue weighted by Gasteiger charge is -2.70. The van der Waals surface area contributed by atoms with Gasteiger partial charge in [-0.2, -0.15) is 0 Å². The average molecular weight is 602 g/mol. The first kappa shape index (κ1) is 32.6. The van der Waals surface area contributed by atoms with Gasteiger partial charge in [-0.25, -0.2) is 0 Å². The van der Waals surface area contributed by atoms with Gasteiger partial charge in [0.15, 0.2) is 5.78 Å². The highest BCUT2D eigenvalue weighted by molar-refractivity contribution is 5.95. The maximum absolute atomic E-state index is 14.5. The molecular formula is C35H55NO7. The first-order valence-electron chi connectivity index (χ1n) is 16.6. The number of carboxylic acid groups (broad SMARTS) is 2. The first-order chi connectivity index (χ1) is 19.8. The quantitative estimate of drug-likeness (QED) is 0.288. The van der Waals surface area contributed by atoms with Gasteiger partial charge in [-0.1, -0.05) is 47.1 Å². The third kappa shape index (κ3) is 4.93. The molecule has 43 heavy (non-hydrogen) atoms. The predicted octanol–water partition coefficient (Wildman–Crippen LogP) is 5.47. The highest BCUT2D eigenvalue weighted by atomic mass is 16.5. The van der Waals surface area contributed by atoms with E-state index in [9.17, 15) is 24.6 Å². The summed E-state index contributed by atoms with van der Waals surface area (Å²) in [5.41, 5.74) is -0.222. The molecule has 0 heterocycles. The SMILES string of the molecule is CC1(C)C2CC[C@]3(C)[C@H](C(=O)C=C4[C@@H]5C[C@@](C)(C(=O)O)CC[C@]5(C)CC[C@]43C)[C@@]2(C)CC[C@@H]1OCC(O)CNCC(=O)O. The van der Waals surface area contributed by atoms with Crippen LogP contribution in [0.4, 0.5) is 0 Å². The molecule has 0 radical (unpaired) electrons. The Morgan fingerprint density at radius 3 is 2.30 bits per heavy atom. The fraction of sp³-hybridized carbons (Fsp3) is 0.857. The minimum Gasteiger partial charge on any atom is -0.481 e. The Labute approximate surface area is 257 Å². The molecule has 0 spiro atoms. The van der Waals surface area contributed by atoms with Crippen LogP contribution >= 0.6 is 0 Å². The molecule has 4 fully saturated rings. The number of aliphatic hydroxyl groups is 1. The van der Waals surface area contributed by atoms with Gasteiger partial charge < -0.3 is 25.4 Å². The Bertz CT molecular complexity index is 1200. The molecule has 0 amide bonds. The normalized spacial score (nSPS) is 46.0. The Morgan fingerprint density at radius 2 is 1.65 bits per heavy atom. The molecular weight excluding hydrogens is 546 g/mol. The van der Waals surface area contributed by atoms with E-state index in [4.69, 9.17) is 9.84 Å². The number of fused-ring (bicyclic) bond motifs is 7. The number of ketones is 1. The molecule has 242 valence electrons. The number of aliphatic hydroxyl groups excluding tert-OH is 1. The molecule has 2 unspecified atom stereocenters. The van der Waals surface area contributed by atoms with Crippen LogP contribution in [-0.4, -0.2) is 64.9 Å². The molecule has 0 bridgehead atoms. The Morgan fingerprint density at radius 1 is 0.977 bits per heavy atom. The molecule has 5 rings (SSSR count). The minimum atomic E-state index is -0.960. The van der Waals surface area contributed by atoms with Crippen LogP contribution in [0.3, 0.4) is 0 Å². The lowest BCUT2D eigenvalue weighted by Crippen LogP contribution is -2.66. The summed E-state index contributed by atoms with van der Waals surface area (Å²) in [6, 6.07) is 0. The van der Waals surface area contributed by atoms with E-state index in [2.05, 4.69) is 46.9 Å². The van der Waals surface area contributed by atoms with Crippen molar-refractivity contribution in [1.29, 1.82) is 0 Å². The number of hydrogen-bond acceptors (Lipinski definition) is 6. The van der Waals surface area contributed by atoms with Gasteiger partial charge in [0, 0.05) is 12.5 Å². The smallest absolute Gasteiger partial charge is 0.317 e. The van der Waals surface area contributed by atoms with Crippen molar-refractivity contribution in [2.75, 3.05) is 19.7 Å². The summed E-state index contributed by atoms with van der Waals surface area (Å²) in [5, 5.41) is 32.1. The number of hydrogen-bond donors (Lipinski definition) is 4. The van der Waals surface area contributed by atoms with Crippen LogP contribution in [0.25, 0.3) is 0 Å². The molecule has 0 aromatic heterocycles.